The van der Waals surface area contributed by atoms with Crippen LogP contribution in [-0.2, 0) is 19.5 Å². The predicted octanol–water partition coefficient (Wildman–Crippen LogP) is 3.15. The van der Waals surface area contributed by atoms with Crippen molar-refractivity contribution in [2.75, 3.05) is 44.2 Å². The number of benzene rings is 2. The van der Waals surface area contributed by atoms with Gasteiger partial charge in [-0.3, -0.25) is 14.8 Å². The van der Waals surface area contributed by atoms with E-state index in [1.54, 1.807) is 6.20 Å². The van der Waals surface area contributed by atoms with Crippen LogP contribution in [0.3, 0.4) is 0 Å². The molecule has 2 fully saturated rings. The Hall–Kier alpha value is -2.98. The lowest BCUT2D eigenvalue weighted by molar-refractivity contribution is 0.0317. The third-order valence-electron chi connectivity index (χ3n) is 7.87. The van der Waals surface area contributed by atoms with Gasteiger partial charge in [-0.05, 0) is 60.8 Å². The van der Waals surface area contributed by atoms with Gasteiger partial charge in [0.05, 0.1) is 11.1 Å². The van der Waals surface area contributed by atoms with Crippen molar-refractivity contribution in [2.45, 2.75) is 38.5 Å². The molecule has 0 radical (unpaired) electrons. The monoisotopic (exact) mass is 452 g/mol. The quantitative estimate of drug-likeness (QED) is 0.659. The number of nitrogens with one attached hydrogen (secondary N) is 1. The largest absolute Gasteiger partial charge is 0.368 e. The topological polar surface area (TPSA) is 58.4 Å². The number of pyridine rings is 1. The summed E-state index contributed by atoms with van der Waals surface area (Å²) in [5.74, 6) is 0. The van der Waals surface area contributed by atoms with Crippen LogP contribution in [0.25, 0.3) is 10.9 Å². The molecule has 1 aromatic heterocycles. The van der Waals surface area contributed by atoms with Crippen LogP contribution in [0.2, 0.25) is 0 Å². The molecule has 0 aliphatic carbocycles. The Balaban J connectivity index is 1.21. The van der Waals surface area contributed by atoms with Crippen molar-refractivity contribution >= 4 is 16.6 Å². The minimum atomic E-state index is 0.498. The van der Waals surface area contributed by atoms with E-state index < -0.39 is 0 Å². The summed E-state index contributed by atoms with van der Waals surface area (Å²) in [5.41, 5.74) is 7.07. The summed E-state index contributed by atoms with van der Waals surface area (Å²) in [6.07, 6.45) is 2.92. The zero-order valence-electron chi connectivity index (χ0n) is 19.9. The SMILES string of the molecule is C[C@@H]1CN(c2ccc(C#N)c3ncccc23)CC2CN(Cc3ccc4c(c3)CNCC4)CCN21. The molecule has 0 spiro atoms. The average molecular weight is 453 g/mol. The third-order valence-corrected chi connectivity index (χ3v) is 7.87. The van der Waals surface area contributed by atoms with Gasteiger partial charge in [-0.1, -0.05) is 18.2 Å². The highest BCUT2D eigenvalue weighted by Crippen LogP contribution is 2.32. The number of fused-ring (bicyclic) bond motifs is 3. The molecular formula is C28H32N6. The number of aromatic nitrogens is 1. The Morgan fingerprint density at radius 3 is 2.94 bits per heavy atom. The van der Waals surface area contributed by atoms with Crippen LogP contribution in [0, 0.1) is 11.3 Å². The lowest BCUT2D eigenvalue weighted by Crippen LogP contribution is -2.65. The number of nitrogens with zero attached hydrogens (tertiary/aromatic N) is 5. The van der Waals surface area contributed by atoms with Crippen molar-refractivity contribution in [2.24, 2.45) is 0 Å². The van der Waals surface area contributed by atoms with Crippen LogP contribution in [0.1, 0.15) is 29.2 Å². The zero-order chi connectivity index (χ0) is 23.1. The van der Waals surface area contributed by atoms with Gasteiger partial charge in [0.2, 0.25) is 0 Å². The fourth-order valence-corrected chi connectivity index (χ4v) is 6.18. The molecule has 3 aliphatic rings. The van der Waals surface area contributed by atoms with Crippen molar-refractivity contribution in [3.63, 3.8) is 0 Å². The van der Waals surface area contributed by atoms with E-state index in [1.165, 1.54) is 22.4 Å². The molecule has 0 bridgehead atoms. The fourth-order valence-electron chi connectivity index (χ4n) is 6.18. The summed E-state index contributed by atoms with van der Waals surface area (Å²) < 4.78 is 0. The Labute approximate surface area is 201 Å². The summed E-state index contributed by atoms with van der Waals surface area (Å²) in [7, 11) is 0. The van der Waals surface area contributed by atoms with E-state index in [0.29, 0.717) is 17.6 Å². The first kappa shape index (κ1) is 21.5. The van der Waals surface area contributed by atoms with Crippen LogP contribution >= 0.6 is 0 Å². The summed E-state index contributed by atoms with van der Waals surface area (Å²) in [5, 5.41) is 14.1. The summed E-state index contributed by atoms with van der Waals surface area (Å²) in [6.45, 7) is 10.8. The highest BCUT2D eigenvalue weighted by atomic mass is 15.4. The summed E-state index contributed by atoms with van der Waals surface area (Å²) in [6, 6.07) is 18.5. The molecule has 6 rings (SSSR count). The maximum atomic E-state index is 9.53. The van der Waals surface area contributed by atoms with Gasteiger partial charge >= 0.3 is 0 Å². The van der Waals surface area contributed by atoms with Gasteiger partial charge in [0.25, 0.3) is 0 Å². The number of hydrogen-bond acceptors (Lipinski definition) is 6. The van der Waals surface area contributed by atoms with E-state index >= 15 is 0 Å². The lowest BCUT2D eigenvalue weighted by Gasteiger charge is -2.51. The molecule has 34 heavy (non-hydrogen) atoms. The van der Waals surface area contributed by atoms with Crippen LogP contribution in [-0.4, -0.2) is 66.1 Å². The van der Waals surface area contributed by atoms with Crippen molar-refractivity contribution in [1.29, 1.82) is 5.26 Å². The molecule has 2 saturated heterocycles. The molecule has 4 heterocycles. The molecule has 1 unspecified atom stereocenters. The zero-order valence-corrected chi connectivity index (χ0v) is 19.9. The highest BCUT2D eigenvalue weighted by Gasteiger charge is 2.36. The Morgan fingerprint density at radius 1 is 1.09 bits per heavy atom. The van der Waals surface area contributed by atoms with Gasteiger partial charge in [-0.2, -0.15) is 5.26 Å². The van der Waals surface area contributed by atoms with E-state index in [0.717, 1.165) is 69.7 Å². The molecule has 3 aromatic rings. The maximum absolute atomic E-state index is 9.53. The number of hydrogen-bond donors (Lipinski definition) is 1. The van der Waals surface area contributed by atoms with Gasteiger partial charge < -0.3 is 10.2 Å². The average Bonchev–Trinajstić information content (AvgIpc) is 2.87. The van der Waals surface area contributed by atoms with Crippen molar-refractivity contribution < 1.29 is 0 Å². The molecular weight excluding hydrogens is 420 g/mol. The van der Waals surface area contributed by atoms with Gasteiger partial charge in [0.15, 0.2) is 0 Å². The van der Waals surface area contributed by atoms with E-state index in [1.807, 2.05) is 12.1 Å². The predicted molar refractivity (Wildman–Crippen MR) is 136 cm³/mol. The van der Waals surface area contributed by atoms with E-state index in [4.69, 9.17) is 0 Å². The number of piperazine rings is 2. The van der Waals surface area contributed by atoms with Crippen LogP contribution in [0.15, 0.2) is 48.7 Å². The first-order valence-corrected chi connectivity index (χ1v) is 12.5. The molecule has 174 valence electrons. The second-order valence-corrected chi connectivity index (χ2v) is 10.1. The second-order valence-electron chi connectivity index (χ2n) is 10.1. The minimum Gasteiger partial charge on any atom is -0.368 e. The first-order chi connectivity index (χ1) is 16.7. The number of rotatable bonds is 3. The highest BCUT2D eigenvalue weighted by molar-refractivity contribution is 5.95. The lowest BCUT2D eigenvalue weighted by atomic mass is 9.97. The van der Waals surface area contributed by atoms with Crippen molar-refractivity contribution in [1.82, 2.24) is 20.1 Å². The molecule has 0 saturated carbocycles. The van der Waals surface area contributed by atoms with Crippen LogP contribution in [0.5, 0.6) is 0 Å². The molecule has 2 atom stereocenters. The molecule has 6 nitrogen and oxygen atoms in total. The third kappa shape index (κ3) is 3.94. The molecule has 0 amide bonds. The van der Waals surface area contributed by atoms with Gasteiger partial charge in [-0.25, -0.2) is 0 Å². The van der Waals surface area contributed by atoms with Crippen LogP contribution in [0.4, 0.5) is 5.69 Å². The van der Waals surface area contributed by atoms with Gasteiger partial charge in [-0.15, -0.1) is 0 Å². The Bertz CT molecular complexity index is 1250. The van der Waals surface area contributed by atoms with Crippen LogP contribution < -0.4 is 10.2 Å². The van der Waals surface area contributed by atoms with Gasteiger partial charge in [0.1, 0.15) is 6.07 Å². The standard InChI is InChI=1S/C28H32N6/c1-20-16-33(27-7-6-23(14-29)28-26(27)3-2-9-31-28)19-25-18-32(11-12-34(20)25)17-21-4-5-22-8-10-30-15-24(22)13-21/h2-7,9,13,20,25,30H,8,10-12,15-19H2,1H3/t20-,25?/m1/s1. The van der Waals surface area contributed by atoms with Gasteiger partial charge in [0, 0.05) is 75.2 Å². The number of anilines is 1. The van der Waals surface area contributed by atoms with E-state index in [-0.39, 0.29) is 0 Å². The Kier molecular flexibility index (Phi) is 5.70. The van der Waals surface area contributed by atoms with Crippen molar-refractivity contribution in [3.8, 4) is 6.07 Å². The maximum Gasteiger partial charge on any atom is 0.101 e. The first-order valence-electron chi connectivity index (χ1n) is 12.5. The van der Waals surface area contributed by atoms with Crippen molar-refractivity contribution in [3.05, 3.63) is 70.9 Å². The molecule has 6 heteroatoms. The molecule has 1 N–H and O–H groups in total. The normalized spacial score (nSPS) is 23.4. The fraction of sp³-hybridized carbons (Fsp3) is 0.429. The van der Waals surface area contributed by atoms with E-state index in [2.05, 4.69) is 68.3 Å². The Morgan fingerprint density at radius 2 is 2.03 bits per heavy atom. The van der Waals surface area contributed by atoms with E-state index in [9.17, 15) is 5.26 Å². The second kappa shape index (κ2) is 8.99. The molecule has 2 aromatic carbocycles. The molecule has 3 aliphatic heterocycles. The summed E-state index contributed by atoms with van der Waals surface area (Å²) >= 11 is 0. The minimum absolute atomic E-state index is 0.498. The number of nitriles is 1. The summed E-state index contributed by atoms with van der Waals surface area (Å²) in [4.78, 5) is 12.4. The smallest absolute Gasteiger partial charge is 0.101 e.